The molecule has 0 radical (unpaired) electrons. The van der Waals surface area contributed by atoms with Crippen molar-refractivity contribution in [1.29, 1.82) is 0 Å². The van der Waals surface area contributed by atoms with Gasteiger partial charge in [-0.15, -0.1) is 0 Å². The summed E-state index contributed by atoms with van der Waals surface area (Å²) in [5, 5.41) is 23.2. The molecule has 0 aliphatic carbocycles. The van der Waals surface area contributed by atoms with Crippen LogP contribution < -0.4 is 10.6 Å². The lowest BCUT2D eigenvalue weighted by Crippen LogP contribution is -2.42. The number of hydrogen-bond acceptors (Lipinski definition) is 7. The minimum atomic E-state index is -1.25. The van der Waals surface area contributed by atoms with Gasteiger partial charge < -0.3 is 30.3 Å². The van der Waals surface area contributed by atoms with Gasteiger partial charge in [0.2, 0.25) is 11.8 Å². The van der Waals surface area contributed by atoms with Crippen LogP contribution >= 0.6 is 0 Å². The van der Waals surface area contributed by atoms with Gasteiger partial charge in [0, 0.05) is 30.2 Å². The number of carbonyl (C=O) groups excluding carboxylic acids is 3. The number of ether oxygens (including phenoxy) is 2. The summed E-state index contributed by atoms with van der Waals surface area (Å²) < 4.78 is 10.9. The maximum atomic E-state index is 12.2. The molecule has 0 aromatic carbocycles. The maximum Gasteiger partial charge on any atom is 0.326 e. The quantitative estimate of drug-likeness (QED) is 0.203. The van der Waals surface area contributed by atoms with Crippen LogP contribution in [0.15, 0.2) is 0 Å². The first-order valence-corrected chi connectivity index (χ1v) is 11.9. The second kappa shape index (κ2) is 16.2. The highest BCUT2D eigenvalue weighted by molar-refractivity contribution is 5.86. The lowest BCUT2D eigenvalue weighted by Gasteiger charge is -2.21. The number of nitrogens with one attached hydrogen (secondary N) is 2. The summed E-state index contributed by atoms with van der Waals surface area (Å²) in [5.41, 5.74) is -0.405. The molecule has 0 aromatic heterocycles. The number of carbonyl (C=O) groups is 5. The Bertz CT molecular complexity index is 718. The number of rotatable bonds is 18. The van der Waals surface area contributed by atoms with Crippen molar-refractivity contribution in [3.63, 3.8) is 0 Å². The van der Waals surface area contributed by atoms with Crippen molar-refractivity contribution >= 4 is 29.5 Å². The number of ketones is 1. The smallest absolute Gasteiger partial charge is 0.326 e. The number of aliphatic carboxylic acids is 2. The fourth-order valence-corrected chi connectivity index (χ4v) is 3.14. The van der Waals surface area contributed by atoms with E-state index in [1.807, 2.05) is 27.7 Å². The van der Waals surface area contributed by atoms with Gasteiger partial charge in [-0.25, -0.2) is 4.79 Å². The van der Waals surface area contributed by atoms with E-state index in [2.05, 4.69) is 10.6 Å². The molecule has 0 bridgehead atoms. The van der Waals surface area contributed by atoms with Crippen LogP contribution in [0, 0.1) is 23.2 Å². The summed E-state index contributed by atoms with van der Waals surface area (Å²) in [6.45, 7) is 12.0. The van der Waals surface area contributed by atoms with Gasteiger partial charge in [0.15, 0.2) is 0 Å². The van der Waals surface area contributed by atoms with Crippen LogP contribution in [0.25, 0.3) is 0 Å². The fourth-order valence-electron chi connectivity index (χ4n) is 3.14. The van der Waals surface area contributed by atoms with Crippen LogP contribution in [-0.4, -0.2) is 78.8 Å². The molecular weight excluding hydrogens is 460 g/mol. The van der Waals surface area contributed by atoms with Crippen molar-refractivity contribution in [2.45, 2.75) is 66.8 Å². The molecule has 0 heterocycles. The largest absolute Gasteiger partial charge is 0.481 e. The monoisotopic (exact) mass is 502 g/mol. The van der Waals surface area contributed by atoms with E-state index in [0.717, 1.165) is 0 Å². The number of amides is 2. The first-order chi connectivity index (χ1) is 16.2. The van der Waals surface area contributed by atoms with E-state index < -0.39 is 41.1 Å². The lowest BCUT2D eigenvalue weighted by atomic mass is 9.84. The van der Waals surface area contributed by atoms with E-state index in [9.17, 15) is 29.1 Å². The molecule has 0 spiro atoms. The first-order valence-electron chi connectivity index (χ1n) is 11.9. The average molecular weight is 503 g/mol. The fraction of sp³-hybridized carbons (Fsp3) is 0.792. The maximum absolute atomic E-state index is 12.2. The summed E-state index contributed by atoms with van der Waals surface area (Å²) in [6.07, 6.45) is -0.0763. The minimum absolute atomic E-state index is 0.0289. The van der Waals surface area contributed by atoms with Crippen LogP contribution in [0.5, 0.6) is 0 Å². The molecule has 4 atom stereocenters. The van der Waals surface area contributed by atoms with Gasteiger partial charge in [-0.1, -0.05) is 41.5 Å². The molecule has 11 heteroatoms. The third kappa shape index (κ3) is 14.5. The molecule has 2 amide bonds. The topological polar surface area (TPSA) is 168 Å². The standard InChI is InChI=1S/C24H42N2O9/c1-15(7-8-18(23(32)33)26-19(27)13-16(2)22(30)31)21(29)25-9-10-34-11-12-35-14-17(3)20(28)24(4,5)6/h15-18H,7-14H2,1-6H3,(H,25,29)(H,26,27)(H,30,31)(H,32,33)/t15?,16?,17?,18-/m0/s1. The SMILES string of the molecule is CC(CC(=O)N[C@@H](CCC(C)C(=O)NCCOCCOCC(C)C(=O)C(C)(C)C)C(=O)O)C(=O)O. The van der Waals surface area contributed by atoms with E-state index in [-0.39, 0.29) is 50.0 Å². The summed E-state index contributed by atoms with van der Waals surface area (Å²) >= 11 is 0. The molecule has 0 fully saturated rings. The molecule has 0 rings (SSSR count). The molecule has 35 heavy (non-hydrogen) atoms. The van der Waals surface area contributed by atoms with E-state index >= 15 is 0 Å². The molecule has 4 N–H and O–H groups in total. The molecule has 202 valence electrons. The Morgan fingerprint density at radius 2 is 1.40 bits per heavy atom. The van der Waals surface area contributed by atoms with Crippen molar-refractivity contribution in [2.75, 3.05) is 33.0 Å². The van der Waals surface area contributed by atoms with Crippen molar-refractivity contribution in [3.05, 3.63) is 0 Å². The Kier molecular flexibility index (Phi) is 15.0. The van der Waals surface area contributed by atoms with Gasteiger partial charge in [-0.05, 0) is 12.8 Å². The van der Waals surface area contributed by atoms with Crippen LogP contribution in [0.3, 0.4) is 0 Å². The van der Waals surface area contributed by atoms with E-state index in [4.69, 9.17) is 14.6 Å². The van der Waals surface area contributed by atoms with Gasteiger partial charge in [0.25, 0.3) is 0 Å². The summed E-state index contributed by atoms with van der Waals surface area (Å²) in [7, 11) is 0. The molecule has 0 saturated heterocycles. The van der Waals surface area contributed by atoms with E-state index in [1.165, 1.54) is 6.92 Å². The zero-order valence-electron chi connectivity index (χ0n) is 21.7. The molecule has 11 nitrogen and oxygen atoms in total. The summed E-state index contributed by atoms with van der Waals surface area (Å²) in [4.78, 5) is 58.4. The molecular formula is C24H42N2O9. The van der Waals surface area contributed by atoms with Crippen molar-refractivity contribution in [1.82, 2.24) is 10.6 Å². The Labute approximate surface area is 207 Å². The lowest BCUT2D eigenvalue weighted by molar-refractivity contribution is -0.144. The molecule has 0 aliphatic rings. The predicted octanol–water partition coefficient (Wildman–Crippen LogP) is 1.48. The van der Waals surface area contributed by atoms with Gasteiger partial charge in [0.1, 0.15) is 11.8 Å². The van der Waals surface area contributed by atoms with Crippen LogP contribution in [0.2, 0.25) is 0 Å². The predicted molar refractivity (Wildman–Crippen MR) is 128 cm³/mol. The van der Waals surface area contributed by atoms with Crippen LogP contribution in [-0.2, 0) is 33.4 Å². The second-order valence-electron chi connectivity index (χ2n) is 9.87. The highest BCUT2D eigenvalue weighted by Gasteiger charge is 2.27. The highest BCUT2D eigenvalue weighted by atomic mass is 16.5. The number of carboxylic acids is 2. The third-order valence-electron chi connectivity index (χ3n) is 5.35. The number of hydrogen-bond donors (Lipinski definition) is 4. The molecule has 0 aromatic rings. The summed E-state index contributed by atoms with van der Waals surface area (Å²) in [6, 6.07) is -1.21. The highest BCUT2D eigenvalue weighted by Crippen LogP contribution is 2.20. The van der Waals surface area contributed by atoms with Gasteiger partial charge >= 0.3 is 11.9 Å². The second-order valence-corrected chi connectivity index (χ2v) is 9.87. The Balaban J connectivity index is 4.10. The normalized spacial score (nSPS) is 14.9. The third-order valence-corrected chi connectivity index (χ3v) is 5.35. The number of Topliss-reactive ketones (excluding diaryl/α,β-unsaturated/α-hetero) is 1. The Hall–Kier alpha value is -2.53. The first kappa shape index (κ1) is 32.5. The van der Waals surface area contributed by atoms with Gasteiger partial charge in [0.05, 0.1) is 32.3 Å². The zero-order valence-corrected chi connectivity index (χ0v) is 21.7. The van der Waals surface area contributed by atoms with E-state index in [0.29, 0.717) is 19.8 Å². The minimum Gasteiger partial charge on any atom is -0.481 e. The van der Waals surface area contributed by atoms with Gasteiger partial charge in [-0.3, -0.25) is 19.2 Å². The summed E-state index contributed by atoms with van der Waals surface area (Å²) in [5.74, 6) is -4.80. The van der Waals surface area contributed by atoms with Crippen molar-refractivity contribution in [3.8, 4) is 0 Å². The van der Waals surface area contributed by atoms with E-state index in [1.54, 1.807) is 6.92 Å². The molecule has 0 saturated carbocycles. The Morgan fingerprint density at radius 3 is 1.94 bits per heavy atom. The van der Waals surface area contributed by atoms with Crippen LogP contribution in [0.1, 0.15) is 60.8 Å². The van der Waals surface area contributed by atoms with Crippen molar-refractivity contribution < 1.29 is 43.7 Å². The Morgan fingerprint density at radius 1 is 0.800 bits per heavy atom. The average Bonchev–Trinajstić information content (AvgIpc) is 2.76. The van der Waals surface area contributed by atoms with Gasteiger partial charge in [-0.2, -0.15) is 0 Å². The zero-order chi connectivity index (χ0) is 27.2. The number of carboxylic acid groups (broad SMARTS) is 2. The molecule has 3 unspecified atom stereocenters. The van der Waals surface area contributed by atoms with Crippen molar-refractivity contribution in [2.24, 2.45) is 23.2 Å². The van der Waals surface area contributed by atoms with Crippen LogP contribution in [0.4, 0.5) is 0 Å². The molecule has 0 aliphatic heterocycles.